The zero-order valence-electron chi connectivity index (χ0n) is 18.0. The highest BCUT2D eigenvalue weighted by atomic mass is 16.5. The molecule has 0 unspecified atom stereocenters. The molecule has 2 rings (SSSR count). The second kappa shape index (κ2) is 15.5. The van der Waals surface area contributed by atoms with E-state index in [4.69, 9.17) is 9.84 Å². The van der Waals surface area contributed by atoms with E-state index in [2.05, 4.69) is 37.8 Å². The summed E-state index contributed by atoms with van der Waals surface area (Å²) in [5.41, 5.74) is 3.24. The van der Waals surface area contributed by atoms with E-state index in [1.165, 1.54) is 56.9 Å². The Morgan fingerprint density at radius 1 is 1.14 bits per heavy atom. The Balaban J connectivity index is 0.000000568. The monoisotopic (exact) mass is 388 g/mol. The maximum Gasteiger partial charge on any atom is 0.147 e. The van der Waals surface area contributed by atoms with Crippen molar-refractivity contribution in [3.63, 3.8) is 0 Å². The number of aldehydes is 1. The van der Waals surface area contributed by atoms with Crippen molar-refractivity contribution in [1.82, 2.24) is 0 Å². The molecule has 0 aromatic heterocycles. The number of rotatable bonds is 11. The number of aliphatic hydroxyl groups is 1. The largest absolute Gasteiger partial charge is 0.392 e. The number of hydrogen-bond donors (Lipinski definition) is 1. The summed E-state index contributed by atoms with van der Waals surface area (Å²) in [6, 6.07) is 9.42. The van der Waals surface area contributed by atoms with Gasteiger partial charge in [0.2, 0.25) is 0 Å². The van der Waals surface area contributed by atoms with Crippen LogP contribution in [0.2, 0.25) is 0 Å². The predicted octanol–water partition coefficient (Wildman–Crippen LogP) is 5.85. The van der Waals surface area contributed by atoms with Crippen LogP contribution in [0.3, 0.4) is 0 Å². The highest BCUT2D eigenvalue weighted by molar-refractivity contribution is 5.72. The lowest BCUT2D eigenvalue weighted by Gasteiger charge is -2.29. The van der Waals surface area contributed by atoms with Gasteiger partial charge in [-0.3, -0.25) is 4.79 Å². The third-order valence-corrected chi connectivity index (χ3v) is 5.70. The molecule has 0 bridgehead atoms. The molecule has 0 heterocycles. The van der Waals surface area contributed by atoms with Crippen LogP contribution in [-0.4, -0.2) is 31.7 Å². The minimum atomic E-state index is -0.233. The molecule has 0 radical (unpaired) electrons. The molecule has 1 aliphatic rings. The topological polar surface area (TPSA) is 46.5 Å². The Morgan fingerprint density at radius 3 is 2.32 bits per heavy atom. The predicted molar refractivity (Wildman–Crippen MR) is 118 cm³/mol. The first-order chi connectivity index (χ1) is 13.6. The fourth-order valence-corrected chi connectivity index (χ4v) is 3.88. The van der Waals surface area contributed by atoms with Gasteiger partial charge in [0.1, 0.15) is 6.29 Å². The van der Waals surface area contributed by atoms with E-state index >= 15 is 0 Å². The number of ether oxygens (including phenoxy) is 1. The van der Waals surface area contributed by atoms with Crippen LogP contribution in [0, 0.1) is 5.92 Å². The summed E-state index contributed by atoms with van der Waals surface area (Å²) in [5.74, 6) is 1.83. The van der Waals surface area contributed by atoms with Crippen LogP contribution in [0.25, 0.3) is 0 Å². The van der Waals surface area contributed by atoms with Gasteiger partial charge >= 0.3 is 0 Å². The average Bonchev–Trinajstić information content (AvgIpc) is 2.75. The van der Waals surface area contributed by atoms with Gasteiger partial charge < -0.3 is 9.84 Å². The Kier molecular flexibility index (Phi) is 13.6. The first-order valence-corrected chi connectivity index (χ1v) is 11.0. The molecule has 0 saturated heterocycles. The number of carbonyl (C=O) groups excluding carboxylic acids is 1. The molecule has 0 atom stereocenters. The molecule has 1 fully saturated rings. The van der Waals surface area contributed by atoms with Crippen LogP contribution < -0.4 is 0 Å². The fourth-order valence-electron chi connectivity index (χ4n) is 3.88. The summed E-state index contributed by atoms with van der Waals surface area (Å²) in [5, 5.41) is 8.00. The summed E-state index contributed by atoms with van der Waals surface area (Å²) in [6.07, 6.45) is 14.2. The zero-order valence-corrected chi connectivity index (χ0v) is 18.0. The van der Waals surface area contributed by atoms with Crippen LogP contribution in [0.5, 0.6) is 0 Å². The maximum atomic E-state index is 9.48. The number of hydrogen-bond acceptors (Lipinski definition) is 3. The Bertz CT molecular complexity index is 527. The van der Waals surface area contributed by atoms with E-state index in [1.54, 1.807) is 12.7 Å². The Labute approximate surface area is 172 Å². The summed E-state index contributed by atoms with van der Waals surface area (Å²) < 4.78 is 5.13. The van der Waals surface area contributed by atoms with Gasteiger partial charge in [-0.15, -0.1) is 0 Å². The lowest BCUT2D eigenvalue weighted by atomic mass is 9.77. The summed E-state index contributed by atoms with van der Waals surface area (Å²) >= 11 is 0. The summed E-state index contributed by atoms with van der Waals surface area (Å²) in [4.78, 5) is 9.48. The molecule has 1 aromatic rings. The average molecular weight is 389 g/mol. The van der Waals surface area contributed by atoms with E-state index in [1.807, 2.05) is 0 Å². The SMILES string of the molecule is C=C(C=O)CO.CCCCCC1CCC(c2ccc(CCCOC)cc2)CC1. The van der Waals surface area contributed by atoms with Crippen LogP contribution in [0.15, 0.2) is 36.4 Å². The van der Waals surface area contributed by atoms with Crippen molar-refractivity contribution in [1.29, 1.82) is 0 Å². The third-order valence-electron chi connectivity index (χ3n) is 5.70. The molecule has 1 aromatic carbocycles. The van der Waals surface area contributed by atoms with Gasteiger partial charge in [0.25, 0.3) is 0 Å². The number of benzene rings is 1. The maximum absolute atomic E-state index is 9.48. The van der Waals surface area contributed by atoms with Crippen LogP contribution in [0.1, 0.15) is 81.8 Å². The molecule has 1 saturated carbocycles. The van der Waals surface area contributed by atoms with Crippen molar-refractivity contribution < 1.29 is 14.6 Å². The first-order valence-electron chi connectivity index (χ1n) is 11.0. The van der Waals surface area contributed by atoms with Crippen LogP contribution >= 0.6 is 0 Å². The fraction of sp³-hybridized carbons (Fsp3) is 0.640. The van der Waals surface area contributed by atoms with Gasteiger partial charge in [0.05, 0.1) is 6.61 Å². The van der Waals surface area contributed by atoms with E-state index in [0.29, 0.717) is 6.29 Å². The lowest BCUT2D eigenvalue weighted by Crippen LogP contribution is -2.13. The standard InChI is InChI=1S/C21H34O.C4H6O2/c1-3-4-5-7-18-9-13-20(14-10-18)21-15-11-19(12-16-21)8-6-17-22-2;1-4(2-5)3-6/h11-12,15-16,18,20H,3-10,13-14,17H2,1-2H3;2,6H,1,3H2. The summed E-state index contributed by atoms with van der Waals surface area (Å²) in [6.45, 7) is 6.11. The molecule has 28 heavy (non-hydrogen) atoms. The van der Waals surface area contributed by atoms with Gasteiger partial charge in [0.15, 0.2) is 0 Å². The van der Waals surface area contributed by atoms with Crippen LogP contribution in [0.4, 0.5) is 0 Å². The van der Waals surface area contributed by atoms with Crippen LogP contribution in [-0.2, 0) is 16.0 Å². The summed E-state index contributed by atoms with van der Waals surface area (Å²) in [7, 11) is 1.78. The van der Waals surface area contributed by atoms with Gasteiger partial charge in [-0.2, -0.15) is 0 Å². The first kappa shape index (κ1) is 24.6. The molecule has 1 N–H and O–H groups in total. The number of aryl methyl sites for hydroxylation is 1. The Hall–Kier alpha value is -1.45. The minimum absolute atomic E-state index is 0.218. The molecule has 1 aliphatic carbocycles. The third kappa shape index (κ3) is 10.2. The van der Waals surface area contributed by atoms with E-state index in [-0.39, 0.29) is 12.2 Å². The molecule has 0 spiro atoms. The highest BCUT2D eigenvalue weighted by Crippen LogP contribution is 2.37. The van der Waals surface area contributed by atoms with Crippen molar-refractivity contribution >= 4 is 6.29 Å². The smallest absolute Gasteiger partial charge is 0.147 e. The normalized spacial score (nSPS) is 18.8. The van der Waals surface area contributed by atoms with Crippen molar-refractivity contribution in [2.24, 2.45) is 5.92 Å². The molecule has 0 amide bonds. The molecular weight excluding hydrogens is 348 g/mol. The van der Waals surface area contributed by atoms with Gasteiger partial charge in [-0.1, -0.05) is 63.5 Å². The lowest BCUT2D eigenvalue weighted by molar-refractivity contribution is -0.105. The number of carbonyl (C=O) groups is 1. The number of aliphatic hydroxyl groups excluding tert-OH is 1. The quantitative estimate of drug-likeness (QED) is 0.294. The van der Waals surface area contributed by atoms with Gasteiger partial charge in [0, 0.05) is 19.3 Å². The van der Waals surface area contributed by atoms with E-state index in [9.17, 15) is 4.79 Å². The zero-order chi connectivity index (χ0) is 20.6. The molecule has 158 valence electrons. The molecular formula is C25H40O3. The molecule has 0 aliphatic heterocycles. The molecule has 3 heteroatoms. The van der Waals surface area contributed by atoms with E-state index in [0.717, 1.165) is 31.3 Å². The van der Waals surface area contributed by atoms with Crippen molar-refractivity contribution in [3.05, 3.63) is 47.5 Å². The Morgan fingerprint density at radius 2 is 1.82 bits per heavy atom. The van der Waals surface area contributed by atoms with Crippen molar-refractivity contribution in [2.75, 3.05) is 20.3 Å². The van der Waals surface area contributed by atoms with Gasteiger partial charge in [-0.25, -0.2) is 0 Å². The second-order valence-corrected chi connectivity index (χ2v) is 7.99. The van der Waals surface area contributed by atoms with Gasteiger partial charge in [-0.05, 0) is 61.5 Å². The van der Waals surface area contributed by atoms with Crippen molar-refractivity contribution in [2.45, 2.75) is 77.0 Å². The van der Waals surface area contributed by atoms with E-state index < -0.39 is 0 Å². The molecule has 3 nitrogen and oxygen atoms in total. The second-order valence-electron chi connectivity index (χ2n) is 7.99. The number of methoxy groups -OCH3 is 1. The highest BCUT2D eigenvalue weighted by Gasteiger charge is 2.21. The van der Waals surface area contributed by atoms with Crippen molar-refractivity contribution in [3.8, 4) is 0 Å². The number of unbranched alkanes of at least 4 members (excludes halogenated alkanes) is 2. The minimum Gasteiger partial charge on any atom is -0.392 e.